The second kappa shape index (κ2) is 8.61. The van der Waals surface area contributed by atoms with Crippen molar-refractivity contribution in [2.24, 2.45) is 0 Å². The molecule has 1 aromatic carbocycles. The molecule has 1 aromatic rings. The fraction of sp³-hybridized carbons (Fsp3) is 0. The van der Waals surface area contributed by atoms with Crippen LogP contribution in [0.2, 0.25) is 5.02 Å². The van der Waals surface area contributed by atoms with Crippen molar-refractivity contribution in [2.45, 2.75) is 0 Å². The molecule has 0 saturated carbocycles. The molecule has 0 aliphatic carbocycles. The van der Waals surface area contributed by atoms with Gasteiger partial charge in [-0.25, -0.2) is 21.2 Å². The monoisotopic (exact) mass is 380 g/mol. The molecule has 0 atom stereocenters. The number of halogens is 2. The Balaban J connectivity index is 0. The number of benzene rings is 1. The molecule has 21 heavy (non-hydrogen) atoms. The molecule has 0 radical (unpaired) electrons. The van der Waals surface area contributed by atoms with E-state index in [0.29, 0.717) is 12.1 Å². The summed E-state index contributed by atoms with van der Waals surface area (Å²) in [7, 11) is -10.9. The van der Waals surface area contributed by atoms with Crippen LogP contribution >= 0.6 is 11.6 Å². The van der Waals surface area contributed by atoms with Gasteiger partial charge < -0.3 is 14.2 Å². The first-order valence-corrected chi connectivity index (χ1v) is 7.24. The van der Waals surface area contributed by atoms with Gasteiger partial charge in [-0.3, -0.25) is 0 Å². The third-order valence-electron chi connectivity index (χ3n) is 1.65. The van der Waals surface area contributed by atoms with E-state index >= 15 is 0 Å². The SMILES string of the molecule is O=S(=O)([O-])NN(c1cc(O)c(F)cc1Cl)S(=O)(=O)[O-].[Na+].[Na+]. The van der Waals surface area contributed by atoms with Gasteiger partial charge in [-0.2, -0.15) is 4.41 Å². The van der Waals surface area contributed by atoms with Gasteiger partial charge in [0, 0.05) is 6.07 Å². The maximum Gasteiger partial charge on any atom is 1.00 e. The van der Waals surface area contributed by atoms with Crippen molar-refractivity contribution in [3.8, 4) is 5.75 Å². The summed E-state index contributed by atoms with van der Waals surface area (Å²) in [6.07, 6.45) is 0. The topological polar surface area (TPSA) is 150 Å². The molecule has 0 unspecified atom stereocenters. The minimum absolute atomic E-state index is 0. The average molecular weight is 381 g/mol. The first kappa shape index (κ1) is 24.1. The van der Waals surface area contributed by atoms with Gasteiger partial charge in [0.25, 0.3) is 0 Å². The smallest absolute Gasteiger partial charge is 0.734 e. The number of aromatic hydroxyl groups is 1. The molecule has 0 bridgehead atoms. The molecule has 0 saturated heterocycles. The molecular formula is C6H4ClFN2Na2O7S2. The molecule has 0 aliphatic rings. The van der Waals surface area contributed by atoms with Crippen molar-refractivity contribution < 1.29 is 94.6 Å². The van der Waals surface area contributed by atoms with Crippen molar-refractivity contribution in [1.29, 1.82) is 0 Å². The fourth-order valence-electron chi connectivity index (χ4n) is 0.999. The summed E-state index contributed by atoms with van der Waals surface area (Å²) < 4.78 is 76.0. The van der Waals surface area contributed by atoms with Crippen molar-refractivity contribution in [3.63, 3.8) is 0 Å². The number of anilines is 1. The van der Waals surface area contributed by atoms with Crippen LogP contribution in [0.5, 0.6) is 5.75 Å². The van der Waals surface area contributed by atoms with E-state index in [0.717, 1.165) is 4.83 Å². The normalized spacial score (nSPS) is 11.2. The summed E-state index contributed by atoms with van der Waals surface area (Å²) in [6.45, 7) is 0. The van der Waals surface area contributed by atoms with Crippen LogP contribution in [0.25, 0.3) is 0 Å². The number of phenols is 1. The summed E-state index contributed by atoms with van der Waals surface area (Å²) in [5.41, 5.74) is -0.935. The number of rotatable bonds is 4. The Hall–Kier alpha value is 0.820. The molecule has 2 N–H and O–H groups in total. The quantitative estimate of drug-likeness (QED) is 0.299. The number of nitrogens with zero attached hydrogens (tertiary/aromatic N) is 1. The van der Waals surface area contributed by atoms with Crippen molar-refractivity contribution >= 4 is 37.9 Å². The predicted octanol–water partition coefficient (Wildman–Crippen LogP) is -6.58. The fourth-order valence-corrected chi connectivity index (χ4v) is 2.62. The number of hydrogen-bond donors (Lipinski definition) is 2. The molecule has 0 fully saturated rings. The average Bonchev–Trinajstić information content (AvgIpc) is 2.17. The molecule has 0 aliphatic heterocycles. The van der Waals surface area contributed by atoms with E-state index in [1.54, 1.807) is 0 Å². The number of hydrogen-bond acceptors (Lipinski definition) is 7. The van der Waals surface area contributed by atoms with E-state index in [4.69, 9.17) is 16.7 Å². The molecule has 0 heterocycles. The van der Waals surface area contributed by atoms with E-state index in [2.05, 4.69) is 0 Å². The largest absolute Gasteiger partial charge is 1.00 e. The Morgan fingerprint density at radius 3 is 2.05 bits per heavy atom. The maximum atomic E-state index is 12.9. The number of phenolic OH excluding ortho intramolecular Hbond substituents is 1. The Labute approximate surface area is 168 Å². The standard InChI is InChI=1S/C6H6ClFN2O7S2.2Na/c7-3-1-4(8)6(11)2-5(3)10(19(15,16)17)9-18(12,13)14;;/h1-2,9,11H,(H,12,13,14)(H,15,16,17);;/q;2*+1/p-2. The first-order valence-electron chi connectivity index (χ1n) is 4.09. The zero-order valence-electron chi connectivity index (χ0n) is 10.6. The Kier molecular flexibility index (Phi) is 9.87. The van der Waals surface area contributed by atoms with Gasteiger partial charge in [0.1, 0.15) is 0 Å². The summed E-state index contributed by atoms with van der Waals surface area (Å²) in [4.78, 5) is 0.832. The van der Waals surface area contributed by atoms with Gasteiger partial charge in [-0.05, 0) is 6.07 Å². The van der Waals surface area contributed by atoms with Crippen LogP contribution in [0.1, 0.15) is 0 Å². The molecule has 1 rings (SSSR count). The zero-order chi connectivity index (χ0) is 15.0. The second-order valence-corrected chi connectivity index (χ2v) is 5.74. The Morgan fingerprint density at radius 1 is 1.19 bits per heavy atom. The third-order valence-corrected chi connectivity index (χ3v) is 3.21. The molecule has 15 heteroatoms. The minimum atomic E-state index is -5.53. The van der Waals surface area contributed by atoms with Crippen molar-refractivity contribution in [1.82, 2.24) is 4.83 Å². The summed E-state index contributed by atoms with van der Waals surface area (Å²) in [6, 6.07) is 0.773. The molecule has 0 spiro atoms. The number of hydrazine groups is 1. The van der Waals surface area contributed by atoms with Crippen LogP contribution in [0.15, 0.2) is 12.1 Å². The van der Waals surface area contributed by atoms with Crippen LogP contribution in [0.3, 0.4) is 0 Å². The minimum Gasteiger partial charge on any atom is -0.734 e. The van der Waals surface area contributed by atoms with Gasteiger partial charge >= 0.3 is 59.1 Å². The predicted molar refractivity (Wildman–Crippen MR) is 58.1 cm³/mol. The molecule has 0 amide bonds. The van der Waals surface area contributed by atoms with E-state index < -0.39 is 47.3 Å². The molecule has 0 aromatic heterocycles. The van der Waals surface area contributed by atoms with Crippen LogP contribution in [-0.2, 0) is 20.6 Å². The van der Waals surface area contributed by atoms with Gasteiger partial charge in [0.05, 0.1) is 10.7 Å². The van der Waals surface area contributed by atoms with Gasteiger partial charge in [0.2, 0.25) is 0 Å². The third kappa shape index (κ3) is 7.28. The van der Waals surface area contributed by atoms with E-state index in [1.165, 1.54) is 0 Å². The van der Waals surface area contributed by atoms with Crippen LogP contribution in [0, 0.1) is 5.82 Å². The van der Waals surface area contributed by atoms with Crippen molar-refractivity contribution in [2.75, 3.05) is 4.41 Å². The zero-order valence-corrected chi connectivity index (χ0v) is 17.0. The summed E-state index contributed by atoms with van der Waals surface area (Å²) >= 11 is 5.40. The second-order valence-electron chi connectivity index (χ2n) is 3.02. The molecule has 108 valence electrons. The number of nitrogens with one attached hydrogen (secondary N) is 1. The van der Waals surface area contributed by atoms with E-state index in [9.17, 15) is 30.3 Å². The van der Waals surface area contributed by atoms with Crippen LogP contribution in [0.4, 0.5) is 10.1 Å². The maximum absolute atomic E-state index is 12.9. The summed E-state index contributed by atoms with van der Waals surface area (Å²) in [5.74, 6) is -2.36. The van der Waals surface area contributed by atoms with Crippen LogP contribution in [-0.4, -0.2) is 31.0 Å². The van der Waals surface area contributed by atoms with Crippen molar-refractivity contribution in [3.05, 3.63) is 23.0 Å². The summed E-state index contributed by atoms with van der Waals surface area (Å²) in [5, 5.41) is 8.29. The van der Waals surface area contributed by atoms with Gasteiger partial charge in [0.15, 0.2) is 32.2 Å². The van der Waals surface area contributed by atoms with Crippen LogP contribution < -0.4 is 68.4 Å². The Morgan fingerprint density at radius 2 is 1.67 bits per heavy atom. The molecule has 9 nitrogen and oxygen atoms in total. The van der Waals surface area contributed by atoms with Gasteiger partial charge in [-0.1, -0.05) is 11.6 Å². The van der Waals surface area contributed by atoms with E-state index in [-0.39, 0.29) is 59.1 Å². The van der Waals surface area contributed by atoms with Gasteiger partial charge in [-0.15, -0.1) is 4.83 Å². The van der Waals surface area contributed by atoms with E-state index in [1.807, 2.05) is 0 Å². The first-order chi connectivity index (χ1) is 8.42. The molecular weight excluding hydrogens is 377 g/mol. The Bertz CT molecular complexity index is 714.